The summed E-state index contributed by atoms with van der Waals surface area (Å²) >= 11 is 9.53. The Hall–Kier alpha value is -2.25. The van der Waals surface area contributed by atoms with E-state index in [4.69, 9.17) is 20.8 Å². The molecule has 3 rings (SSSR count). The zero-order valence-electron chi connectivity index (χ0n) is 15.0. The molecule has 142 valence electrons. The van der Waals surface area contributed by atoms with E-state index in [1.165, 1.54) is 0 Å². The van der Waals surface area contributed by atoms with Crippen LogP contribution in [0.3, 0.4) is 0 Å². The topological polar surface area (TPSA) is 60.5 Å². The number of para-hydroxylation sites is 1. The lowest BCUT2D eigenvalue weighted by molar-refractivity contribution is 0.0747. The van der Waals surface area contributed by atoms with Crippen LogP contribution in [0.4, 0.5) is 0 Å². The fourth-order valence-electron chi connectivity index (χ4n) is 2.47. The van der Waals surface area contributed by atoms with Crippen LogP contribution in [0.15, 0.2) is 51.5 Å². The van der Waals surface area contributed by atoms with E-state index in [9.17, 15) is 4.79 Å². The van der Waals surface area contributed by atoms with Gasteiger partial charge in [0, 0.05) is 19.8 Å². The smallest absolute Gasteiger partial charge is 0.289 e. The van der Waals surface area contributed by atoms with E-state index in [1.807, 2.05) is 29.9 Å². The summed E-state index contributed by atoms with van der Waals surface area (Å²) in [7, 11) is 1.71. The second kappa shape index (κ2) is 8.63. The van der Waals surface area contributed by atoms with Crippen LogP contribution in [-0.2, 0) is 19.7 Å². The molecule has 8 heteroatoms. The van der Waals surface area contributed by atoms with E-state index in [0.29, 0.717) is 23.1 Å². The predicted octanol–water partition coefficient (Wildman–Crippen LogP) is 4.76. The van der Waals surface area contributed by atoms with E-state index in [0.717, 1.165) is 16.7 Å². The quantitative estimate of drug-likeness (QED) is 0.518. The van der Waals surface area contributed by atoms with Gasteiger partial charge in [0.2, 0.25) is 0 Å². The third-order valence-corrected chi connectivity index (χ3v) is 4.90. The number of rotatable bonds is 7. The Balaban J connectivity index is 1.62. The highest BCUT2D eigenvalue weighted by atomic mass is 79.9. The molecular weight excluding hydrogens is 434 g/mol. The second-order valence-electron chi connectivity index (χ2n) is 5.93. The summed E-state index contributed by atoms with van der Waals surface area (Å²) in [6.07, 6.45) is 1.89. The number of aromatic nitrogens is 2. The molecule has 2 aromatic heterocycles. The summed E-state index contributed by atoms with van der Waals surface area (Å²) in [6, 6.07) is 10.6. The van der Waals surface area contributed by atoms with Crippen molar-refractivity contribution >= 4 is 33.4 Å². The van der Waals surface area contributed by atoms with Gasteiger partial charge in [-0.15, -0.1) is 0 Å². The van der Waals surface area contributed by atoms with Crippen LogP contribution in [0.1, 0.15) is 28.9 Å². The second-order valence-corrected chi connectivity index (χ2v) is 7.19. The molecule has 27 heavy (non-hydrogen) atoms. The summed E-state index contributed by atoms with van der Waals surface area (Å²) < 4.78 is 13.9. The molecule has 0 atom stereocenters. The van der Waals surface area contributed by atoms with Crippen molar-refractivity contribution in [3.63, 3.8) is 0 Å². The van der Waals surface area contributed by atoms with Gasteiger partial charge in [0.1, 0.15) is 18.1 Å². The Labute approximate surface area is 170 Å². The minimum atomic E-state index is -0.225. The summed E-state index contributed by atoms with van der Waals surface area (Å²) in [5, 5.41) is 4.96. The van der Waals surface area contributed by atoms with Gasteiger partial charge in [-0.2, -0.15) is 5.10 Å². The van der Waals surface area contributed by atoms with Crippen LogP contribution in [0.5, 0.6) is 5.75 Å². The summed E-state index contributed by atoms with van der Waals surface area (Å²) in [6.45, 7) is 3.34. The first kappa shape index (κ1) is 19.5. The number of halogens is 2. The molecule has 1 amide bonds. The first-order valence-electron chi connectivity index (χ1n) is 8.41. The Bertz CT molecular complexity index is 938. The molecule has 0 radical (unpaired) electrons. The molecule has 3 aromatic rings. The van der Waals surface area contributed by atoms with Gasteiger partial charge in [0.05, 0.1) is 21.7 Å². The summed E-state index contributed by atoms with van der Waals surface area (Å²) in [4.78, 5) is 14.2. The maximum absolute atomic E-state index is 12.6. The number of aryl methyl sites for hydroxylation is 1. The fourth-order valence-corrected chi connectivity index (χ4v) is 3.10. The number of benzene rings is 1. The Morgan fingerprint density at radius 2 is 2.11 bits per heavy atom. The highest BCUT2D eigenvalue weighted by Crippen LogP contribution is 2.24. The van der Waals surface area contributed by atoms with Crippen molar-refractivity contribution in [2.45, 2.75) is 26.6 Å². The molecule has 0 N–H and O–H groups in total. The van der Waals surface area contributed by atoms with Crippen molar-refractivity contribution in [1.29, 1.82) is 0 Å². The van der Waals surface area contributed by atoms with Gasteiger partial charge in [-0.25, -0.2) is 0 Å². The van der Waals surface area contributed by atoms with Crippen molar-refractivity contribution in [3.05, 3.63) is 69.3 Å². The lowest BCUT2D eigenvalue weighted by Crippen LogP contribution is -2.26. The lowest BCUT2D eigenvalue weighted by Gasteiger charge is -2.14. The van der Waals surface area contributed by atoms with Crippen molar-refractivity contribution in [3.8, 4) is 5.75 Å². The molecule has 0 bridgehead atoms. The van der Waals surface area contributed by atoms with E-state index in [-0.39, 0.29) is 18.3 Å². The maximum Gasteiger partial charge on any atom is 0.289 e. The third kappa shape index (κ3) is 4.73. The van der Waals surface area contributed by atoms with Crippen LogP contribution >= 0.6 is 27.5 Å². The molecule has 1 aromatic carbocycles. The number of carbonyl (C=O) groups is 1. The number of carbonyl (C=O) groups excluding carboxylic acids is 1. The first-order chi connectivity index (χ1) is 13.0. The fraction of sp³-hybridized carbons (Fsp3) is 0.263. The lowest BCUT2D eigenvalue weighted by atomic mass is 10.3. The van der Waals surface area contributed by atoms with Crippen LogP contribution in [-0.4, -0.2) is 27.6 Å². The Morgan fingerprint density at radius 1 is 1.33 bits per heavy atom. The maximum atomic E-state index is 12.6. The molecule has 0 spiro atoms. The summed E-state index contributed by atoms with van der Waals surface area (Å²) in [5.41, 5.74) is 0.793. The van der Waals surface area contributed by atoms with Gasteiger partial charge >= 0.3 is 0 Å². The zero-order chi connectivity index (χ0) is 19.4. The molecule has 0 aliphatic rings. The minimum absolute atomic E-state index is 0.188. The molecular formula is C19H19BrClN3O3. The van der Waals surface area contributed by atoms with Gasteiger partial charge in [-0.3, -0.25) is 9.48 Å². The van der Waals surface area contributed by atoms with Crippen molar-refractivity contribution < 1.29 is 13.9 Å². The van der Waals surface area contributed by atoms with Crippen molar-refractivity contribution in [2.75, 3.05) is 7.05 Å². The molecule has 0 saturated carbocycles. The molecule has 0 saturated heterocycles. The molecule has 0 aliphatic carbocycles. The van der Waals surface area contributed by atoms with E-state index in [2.05, 4.69) is 21.0 Å². The van der Waals surface area contributed by atoms with Crippen LogP contribution in [0.25, 0.3) is 0 Å². The molecule has 0 aliphatic heterocycles. The number of amides is 1. The van der Waals surface area contributed by atoms with Crippen molar-refractivity contribution in [1.82, 2.24) is 14.7 Å². The largest absolute Gasteiger partial charge is 0.484 e. The number of furan rings is 1. The van der Waals surface area contributed by atoms with E-state index in [1.54, 1.807) is 36.2 Å². The average molecular weight is 453 g/mol. The zero-order valence-corrected chi connectivity index (χ0v) is 17.3. The first-order valence-corrected chi connectivity index (χ1v) is 9.58. The number of ether oxygens (including phenoxy) is 1. The number of nitrogens with zero attached hydrogens (tertiary/aromatic N) is 3. The monoisotopic (exact) mass is 451 g/mol. The van der Waals surface area contributed by atoms with Crippen molar-refractivity contribution in [2.24, 2.45) is 0 Å². The number of hydrogen-bond donors (Lipinski definition) is 0. The highest BCUT2D eigenvalue weighted by Gasteiger charge is 2.19. The van der Waals surface area contributed by atoms with Crippen LogP contribution in [0, 0.1) is 0 Å². The predicted molar refractivity (Wildman–Crippen MR) is 106 cm³/mol. The number of hydrogen-bond acceptors (Lipinski definition) is 4. The van der Waals surface area contributed by atoms with Crippen LogP contribution in [0.2, 0.25) is 5.02 Å². The van der Waals surface area contributed by atoms with E-state index < -0.39 is 0 Å². The molecule has 2 heterocycles. The van der Waals surface area contributed by atoms with Gasteiger partial charge in [0.15, 0.2) is 5.76 Å². The average Bonchev–Trinajstić information content (AvgIpc) is 3.27. The Kier molecular flexibility index (Phi) is 6.23. The summed E-state index contributed by atoms with van der Waals surface area (Å²) in [5.74, 6) is 1.14. The molecule has 6 nitrogen and oxygen atoms in total. The molecule has 0 unspecified atom stereocenters. The SMILES string of the molecule is CCn1cc(Br)c(CN(C)C(=O)c2ccc(COc3ccccc3Cl)o2)n1. The van der Waals surface area contributed by atoms with E-state index >= 15 is 0 Å². The minimum Gasteiger partial charge on any atom is -0.484 e. The van der Waals surface area contributed by atoms with Gasteiger partial charge in [-0.1, -0.05) is 23.7 Å². The standard InChI is InChI=1S/C19H19BrClN3O3/c1-3-24-10-14(20)16(22-24)11-23(2)19(25)18-9-8-13(27-18)12-26-17-7-5-4-6-15(17)21/h4-10H,3,11-12H2,1-2H3. The normalized spacial score (nSPS) is 10.8. The Morgan fingerprint density at radius 3 is 2.81 bits per heavy atom. The van der Waals surface area contributed by atoms with Gasteiger partial charge in [-0.05, 0) is 47.1 Å². The van der Waals surface area contributed by atoms with Gasteiger partial charge in [0.25, 0.3) is 5.91 Å². The third-order valence-electron chi connectivity index (χ3n) is 3.92. The highest BCUT2D eigenvalue weighted by molar-refractivity contribution is 9.10. The van der Waals surface area contributed by atoms with Crippen LogP contribution < -0.4 is 4.74 Å². The molecule has 0 fully saturated rings. The van der Waals surface area contributed by atoms with Gasteiger partial charge < -0.3 is 14.1 Å².